The van der Waals surface area contributed by atoms with Crippen LogP contribution >= 0.6 is 0 Å². The predicted octanol–water partition coefficient (Wildman–Crippen LogP) is 1.77. The maximum absolute atomic E-state index is 13.6. The molecule has 43 heavy (non-hydrogen) atoms. The summed E-state index contributed by atoms with van der Waals surface area (Å²) in [6.07, 6.45) is -0.705. The molecule has 0 unspecified atom stereocenters. The minimum Gasteiger partial charge on any atom is -0.496 e. The molecule has 4 N–H and O–H groups in total. The second kappa shape index (κ2) is 13.9. The van der Waals surface area contributed by atoms with Crippen LogP contribution < -0.4 is 30.7 Å². The number of nitrogens with one attached hydrogen (secondary N) is 4. The summed E-state index contributed by atoms with van der Waals surface area (Å²) < 4.78 is 21.3. The first-order chi connectivity index (χ1) is 20.3. The third-order valence-corrected chi connectivity index (χ3v) is 6.46. The van der Waals surface area contributed by atoms with Crippen LogP contribution in [0, 0.1) is 0 Å². The summed E-state index contributed by atoms with van der Waals surface area (Å²) in [5.41, 5.74) is 1.40. The molecule has 0 saturated carbocycles. The fourth-order valence-electron chi connectivity index (χ4n) is 4.42. The van der Waals surface area contributed by atoms with Crippen molar-refractivity contribution in [3.63, 3.8) is 0 Å². The average Bonchev–Trinajstić information content (AvgIpc) is 2.96. The second-order valence-corrected chi connectivity index (χ2v) is 10.9. The highest BCUT2D eigenvalue weighted by atomic mass is 16.6. The van der Waals surface area contributed by atoms with E-state index in [-0.39, 0.29) is 6.42 Å². The molecule has 0 aromatic heterocycles. The molecule has 3 rings (SSSR count). The van der Waals surface area contributed by atoms with E-state index in [0.29, 0.717) is 33.8 Å². The van der Waals surface area contributed by atoms with Gasteiger partial charge in [-0.3, -0.25) is 14.4 Å². The number of hydrogen-bond acceptors (Lipinski definition) is 9. The lowest BCUT2D eigenvalue weighted by Crippen LogP contribution is -2.53. The van der Waals surface area contributed by atoms with Crippen LogP contribution in [0.25, 0.3) is 11.1 Å². The standard InChI is InChI=1S/C30H38N4O9/c1-16-26(36)33-21(28(38)42-7)13-17-8-10-22(40-5)19(12-17)20-14-18(9-11-23(20)41-6)25(27(37)32-16)34-24(35)15-31-29(39)43-30(2,3)4/h8-12,14,16,21,25H,13,15H2,1-7H3,(H,31,39)(H,32,37)(H,33,36)(H,34,35)/t16-,21-,25-/m0/s1. The number of ether oxygens (including phenoxy) is 4. The van der Waals surface area contributed by atoms with Gasteiger partial charge in [0.2, 0.25) is 17.7 Å². The van der Waals surface area contributed by atoms with E-state index in [1.54, 1.807) is 57.2 Å². The summed E-state index contributed by atoms with van der Waals surface area (Å²) in [6, 6.07) is 6.75. The lowest BCUT2D eigenvalue weighted by Gasteiger charge is -2.25. The molecule has 0 aliphatic carbocycles. The van der Waals surface area contributed by atoms with Crippen LogP contribution in [-0.2, 0) is 35.1 Å². The van der Waals surface area contributed by atoms with Gasteiger partial charge in [-0.15, -0.1) is 0 Å². The number of carbonyl (C=O) groups is 5. The Balaban J connectivity index is 2.09. The van der Waals surface area contributed by atoms with Crippen LogP contribution in [0.3, 0.4) is 0 Å². The first-order valence-corrected chi connectivity index (χ1v) is 13.6. The molecule has 13 heteroatoms. The zero-order valence-electron chi connectivity index (χ0n) is 25.3. The highest BCUT2D eigenvalue weighted by molar-refractivity contribution is 5.95. The third-order valence-electron chi connectivity index (χ3n) is 6.46. The molecule has 1 aliphatic heterocycles. The van der Waals surface area contributed by atoms with E-state index in [1.807, 2.05) is 0 Å². The van der Waals surface area contributed by atoms with Crippen LogP contribution in [0.1, 0.15) is 44.9 Å². The number of methoxy groups -OCH3 is 3. The maximum atomic E-state index is 13.6. The fraction of sp³-hybridized carbons (Fsp3) is 0.433. The van der Waals surface area contributed by atoms with Crippen LogP contribution in [-0.4, -0.2) is 75.3 Å². The summed E-state index contributed by atoms with van der Waals surface area (Å²) in [5.74, 6) is -1.77. The van der Waals surface area contributed by atoms with Crippen molar-refractivity contribution >= 4 is 29.8 Å². The molecule has 2 aromatic rings. The molecule has 0 saturated heterocycles. The van der Waals surface area contributed by atoms with Gasteiger partial charge in [-0.05, 0) is 63.1 Å². The SMILES string of the molecule is COC(=O)[C@@H]1Cc2ccc(OC)c(c2)-c2cc(ccc2OC)[C@H](NC(=O)CNC(=O)OC(C)(C)C)C(=O)N[C@@H](C)C(=O)N1. The van der Waals surface area contributed by atoms with E-state index in [1.165, 1.54) is 28.3 Å². The lowest BCUT2D eigenvalue weighted by molar-refractivity contribution is -0.145. The minimum atomic E-state index is -1.29. The molecular formula is C30H38N4O9. The third kappa shape index (κ3) is 8.60. The molecule has 2 aromatic carbocycles. The fourth-order valence-corrected chi connectivity index (χ4v) is 4.42. The number of benzene rings is 2. The van der Waals surface area contributed by atoms with E-state index in [0.717, 1.165) is 0 Å². The highest BCUT2D eigenvalue weighted by Gasteiger charge is 2.31. The van der Waals surface area contributed by atoms with Gasteiger partial charge in [-0.1, -0.05) is 12.1 Å². The Hall–Kier alpha value is -4.81. The van der Waals surface area contributed by atoms with Crippen molar-refractivity contribution in [2.45, 2.75) is 57.8 Å². The largest absolute Gasteiger partial charge is 0.496 e. The lowest BCUT2D eigenvalue weighted by atomic mass is 9.94. The molecule has 0 radical (unpaired) electrons. The Morgan fingerprint density at radius 3 is 2.14 bits per heavy atom. The number of hydrogen-bond donors (Lipinski definition) is 4. The van der Waals surface area contributed by atoms with E-state index in [2.05, 4.69) is 21.3 Å². The number of alkyl carbamates (subject to hydrolysis) is 1. The Morgan fingerprint density at radius 1 is 0.907 bits per heavy atom. The highest BCUT2D eigenvalue weighted by Crippen LogP contribution is 2.39. The Bertz CT molecular complexity index is 1390. The molecule has 13 nitrogen and oxygen atoms in total. The van der Waals surface area contributed by atoms with Gasteiger partial charge in [0.05, 0.1) is 21.3 Å². The second-order valence-electron chi connectivity index (χ2n) is 10.9. The summed E-state index contributed by atoms with van der Waals surface area (Å²) >= 11 is 0. The quantitative estimate of drug-likeness (QED) is 0.362. The van der Waals surface area contributed by atoms with Crippen LogP contribution in [0.5, 0.6) is 11.5 Å². The van der Waals surface area contributed by atoms with E-state index < -0.39 is 60.1 Å². The van der Waals surface area contributed by atoms with Crippen LogP contribution in [0.4, 0.5) is 4.79 Å². The van der Waals surface area contributed by atoms with Gasteiger partial charge in [0.1, 0.15) is 41.8 Å². The van der Waals surface area contributed by atoms with Crippen LogP contribution in [0.15, 0.2) is 36.4 Å². The molecule has 4 amide bonds. The number of carbonyl (C=O) groups excluding carboxylic acids is 5. The molecule has 232 valence electrons. The molecule has 1 heterocycles. The zero-order chi connectivity index (χ0) is 31.9. The molecular weight excluding hydrogens is 560 g/mol. The normalized spacial score (nSPS) is 18.6. The van der Waals surface area contributed by atoms with E-state index >= 15 is 0 Å². The molecule has 3 atom stereocenters. The predicted molar refractivity (Wildman–Crippen MR) is 155 cm³/mol. The van der Waals surface area contributed by atoms with E-state index in [9.17, 15) is 24.0 Å². The number of rotatable bonds is 6. The zero-order valence-corrected chi connectivity index (χ0v) is 25.3. The van der Waals surface area contributed by atoms with Gasteiger partial charge in [0.25, 0.3) is 0 Å². The first-order valence-electron chi connectivity index (χ1n) is 13.6. The van der Waals surface area contributed by atoms with Crippen molar-refractivity contribution in [2.24, 2.45) is 0 Å². The molecule has 0 spiro atoms. The van der Waals surface area contributed by atoms with Crippen molar-refractivity contribution < 1.29 is 42.9 Å². The van der Waals surface area contributed by atoms with Gasteiger partial charge < -0.3 is 40.2 Å². The van der Waals surface area contributed by atoms with Gasteiger partial charge >= 0.3 is 12.1 Å². The summed E-state index contributed by atoms with van der Waals surface area (Å²) in [5, 5.41) is 10.2. The smallest absolute Gasteiger partial charge is 0.408 e. The van der Waals surface area contributed by atoms with Crippen LogP contribution in [0.2, 0.25) is 0 Å². The number of esters is 1. The van der Waals surface area contributed by atoms with Crippen molar-refractivity contribution in [3.05, 3.63) is 47.5 Å². The van der Waals surface area contributed by atoms with Crippen molar-refractivity contribution in [3.8, 4) is 22.6 Å². The summed E-state index contributed by atoms with van der Waals surface area (Å²) in [4.78, 5) is 64.2. The molecule has 4 bridgehead atoms. The maximum Gasteiger partial charge on any atom is 0.408 e. The Labute approximate surface area is 250 Å². The van der Waals surface area contributed by atoms with Gasteiger partial charge in [-0.2, -0.15) is 0 Å². The van der Waals surface area contributed by atoms with Gasteiger partial charge in [0, 0.05) is 17.5 Å². The summed E-state index contributed by atoms with van der Waals surface area (Å²) in [7, 11) is 4.21. The van der Waals surface area contributed by atoms with Gasteiger partial charge in [-0.25, -0.2) is 9.59 Å². The molecule has 1 aliphatic rings. The topological polar surface area (TPSA) is 170 Å². The monoisotopic (exact) mass is 598 g/mol. The number of amides is 4. The Morgan fingerprint density at radius 2 is 1.53 bits per heavy atom. The minimum absolute atomic E-state index is 0.0986. The van der Waals surface area contributed by atoms with Crippen molar-refractivity contribution in [2.75, 3.05) is 27.9 Å². The summed E-state index contributed by atoms with van der Waals surface area (Å²) in [6.45, 7) is 6.02. The number of fused-ring (bicyclic) bond motifs is 5. The van der Waals surface area contributed by atoms with Crippen molar-refractivity contribution in [1.29, 1.82) is 0 Å². The first kappa shape index (κ1) is 32.7. The average molecular weight is 599 g/mol. The Kier molecular flexibility index (Phi) is 10.6. The van der Waals surface area contributed by atoms with Crippen molar-refractivity contribution in [1.82, 2.24) is 21.3 Å². The van der Waals surface area contributed by atoms with E-state index in [4.69, 9.17) is 18.9 Å². The van der Waals surface area contributed by atoms with Gasteiger partial charge in [0.15, 0.2) is 0 Å². The molecule has 0 fully saturated rings.